The summed E-state index contributed by atoms with van der Waals surface area (Å²) in [5.74, 6) is -1.21. The molecule has 0 bridgehead atoms. The van der Waals surface area contributed by atoms with Crippen LogP contribution in [0.15, 0.2) is 18.2 Å². The first kappa shape index (κ1) is 13.5. The highest BCUT2D eigenvalue weighted by Crippen LogP contribution is 2.14. The molecule has 0 aliphatic heterocycles. The van der Waals surface area contributed by atoms with Crippen LogP contribution in [0.25, 0.3) is 0 Å². The number of halogens is 1. The minimum atomic E-state index is -0.717. The molecule has 1 rings (SSSR count). The average molecular weight is 215 g/mol. The summed E-state index contributed by atoms with van der Waals surface area (Å²) < 4.78 is 12.3. The zero-order chi connectivity index (χ0) is 11.8. The standard InChI is InChI=1S/C7H5FO2.C3H9NO/c8-6-2-1-5(4-9)3-7(6)10;1-4(2)5-3/h1-4,10H;1-3H3. The maximum Gasteiger partial charge on any atom is 0.164 e. The largest absolute Gasteiger partial charge is 0.505 e. The molecule has 0 aromatic heterocycles. The van der Waals surface area contributed by atoms with Gasteiger partial charge < -0.3 is 9.94 Å². The van der Waals surface area contributed by atoms with Crippen LogP contribution in [0.1, 0.15) is 10.4 Å². The van der Waals surface area contributed by atoms with E-state index < -0.39 is 11.6 Å². The number of phenols is 1. The van der Waals surface area contributed by atoms with Crippen LogP contribution in [-0.4, -0.2) is 37.7 Å². The second-order valence-corrected chi connectivity index (χ2v) is 2.82. The number of carbonyl (C=O) groups excluding carboxylic acids is 1. The lowest BCUT2D eigenvalue weighted by Gasteiger charge is -2.01. The first-order chi connectivity index (χ1) is 7.01. The van der Waals surface area contributed by atoms with Crippen LogP contribution in [0.2, 0.25) is 0 Å². The predicted molar refractivity (Wildman–Crippen MR) is 54.1 cm³/mol. The SMILES string of the molecule is CON(C)C.O=Cc1ccc(F)c(O)c1. The van der Waals surface area contributed by atoms with Crippen LogP contribution in [0.3, 0.4) is 0 Å². The molecule has 0 radical (unpaired) electrons. The molecule has 0 saturated heterocycles. The molecule has 0 unspecified atom stereocenters. The number of hydrogen-bond donors (Lipinski definition) is 1. The molecule has 1 aromatic rings. The Hall–Kier alpha value is -1.46. The number of phenolic OH excluding ortho intramolecular Hbond substituents is 1. The van der Waals surface area contributed by atoms with Gasteiger partial charge in [-0.2, -0.15) is 5.06 Å². The van der Waals surface area contributed by atoms with Crippen LogP contribution in [0.5, 0.6) is 5.75 Å². The molecule has 0 atom stereocenters. The van der Waals surface area contributed by atoms with Crippen LogP contribution < -0.4 is 0 Å². The highest BCUT2D eigenvalue weighted by Gasteiger charge is 1.98. The van der Waals surface area contributed by atoms with Crippen molar-refractivity contribution in [3.05, 3.63) is 29.6 Å². The summed E-state index contributed by atoms with van der Waals surface area (Å²) >= 11 is 0. The number of hydroxylamine groups is 2. The van der Waals surface area contributed by atoms with Crippen LogP contribution in [0.4, 0.5) is 4.39 Å². The second-order valence-electron chi connectivity index (χ2n) is 2.82. The number of carbonyl (C=O) groups is 1. The van der Waals surface area contributed by atoms with Crippen LogP contribution in [-0.2, 0) is 4.84 Å². The number of hydrogen-bond acceptors (Lipinski definition) is 4. The molecule has 5 heteroatoms. The summed E-state index contributed by atoms with van der Waals surface area (Å²) in [6.45, 7) is 0. The number of aromatic hydroxyl groups is 1. The number of rotatable bonds is 2. The molecule has 0 amide bonds. The Morgan fingerprint density at radius 2 is 2.00 bits per heavy atom. The van der Waals surface area contributed by atoms with E-state index in [1.807, 2.05) is 14.1 Å². The monoisotopic (exact) mass is 215 g/mol. The fourth-order valence-corrected chi connectivity index (χ4v) is 0.603. The smallest absolute Gasteiger partial charge is 0.164 e. The third kappa shape index (κ3) is 5.77. The Morgan fingerprint density at radius 1 is 1.47 bits per heavy atom. The fourth-order valence-electron chi connectivity index (χ4n) is 0.603. The lowest BCUT2D eigenvalue weighted by atomic mass is 10.2. The van der Waals surface area contributed by atoms with Gasteiger partial charge in [-0.1, -0.05) is 0 Å². The van der Waals surface area contributed by atoms with Crippen molar-refractivity contribution >= 4 is 6.29 Å². The van der Waals surface area contributed by atoms with E-state index in [4.69, 9.17) is 5.11 Å². The fraction of sp³-hybridized carbons (Fsp3) is 0.300. The quantitative estimate of drug-likeness (QED) is 0.599. The predicted octanol–water partition coefficient (Wildman–Crippen LogP) is 1.45. The highest BCUT2D eigenvalue weighted by molar-refractivity contribution is 5.75. The van der Waals surface area contributed by atoms with E-state index in [0.717, 1.165) is 12.1 Å². The number of aldehydes is 1. The van der Waals surface area contributed by atoms with Crippen LogP contribution >= 0.6 is 0 Å². The van der Waals surface area contributed by atoms with Gasteiger partial charge in [-0.05, 0) is 18.2 Å². The minimum Gasteiger partial charge on any atom is -0.505 e. The second kappa shape index (κ2) is 6.92. The van der Waals surface area contributed by atoms with Crippen molar-refractivity contribution in [2.24, 2.45) is 0 Å². The lowest BCUT2D eigenvalue weighted by Crippen LogP contribution is -2.07. The Balaban J connectivity index is 0.000000336. The molecule has 0 fully saturated rings. The van der Waals surface area contributed by atoms with Crippen molar-refractivity contribution in [3.63, 3.8) is 0 Å². The van der Waals surface area contributed by atoms with Gasteiger partial charge in [-0.15, -0.1) is 0 Å². The van der Waals surface area contributed by atoms with Gasteiger partial charge in [-0.25, -0.2) is 4.39 Å². The number of nitrogens with zero attached hydrogens (tertiary/aromatic N) is 1. The van der Waals surface area contributed by atoms with E-state index in [1.165, 1.54) is 6.07 Å². The zero-order valence-electron chi connectivity index (χ0n) is 8.90. The van der Waals surface area contributed by atoms with Crippen molar-refractivity contribution < 1.29 is 19.1 Å². The first-order valence-corrected chi connectivity index (χ1v) is 4.16. The zero-order valence-corrected chi connectivity index (χ0v) is 8.90. The van der Waals surface area contributed by atoms with Crippen molar-refractivity contribution in [3.8, 4) is 5.75 Å². The van der Waals surface area contributed by atoms with Crippen molar-refractivity contribution in [1.29, 1.82) is 0 Å². The van der Waals surface area contributed by atoms with Gasteiger partial charge in [0.1, 0.15) is 6.29 Å². The first-order valence-electron chi connectivity index (χ1n) is 4.16. The summed E-state index contributed by atoms with van der Waals surface area (Å²) in [6.07, 6.45) is 0.541. The minimum absolute atomic E-state index is 0.263. The lowest BCUT2D eigenvalue weighted by molar-refractivity contribution is -0.0855. The topological polar surface area (TPSA) is 49.8 Å². The van der Waals surface area contributed by atoms with E-state index in [9.17, 15) is 9.18 Å². The molecule has 15 heavy (non-hydrogen) atoms. The Bertz CT molecular complexity index is 316. The maximum atomic E-state index is 12.3. The van der Waals surface area contributed by atoms with Crippen molar-refractivity contribution in [2.45, 2.75) is 0 Å². The molecule has 0 aliphatic rings. The molecular formula is C10H14FNO3. The van der Waals surface area contributed by atoms with E-state index in [1.54, 1.807) is 12.2 Å². The molecule has 4 nitrogen and oxygen atoms in total. The summed E-state index contributed by atoms with van der Waals surface area (Å²) in [5.41, 5.74) is 0.263. The maximum absolute atomic E-state index is 12.3. The summed E-state index contributed by atoms with van der Waals surface area (Å²) in [7, 11) is 5.29. The van der Waals surface area contributed by atoms with Gasteiger partial charge in [-0.3, -0.25) is 4.79 Å². The average Bonchev–Trinajstić information content (AvgIpc) is 2.23. The summed E-state index contributed by atoms with van der Waals surface area (Å²) in [4.78, 5) is 14.6. The molecule has 0 heterocycles. The van der Waals surface area contributed by atoms with Gasteiger partial charge in [0, 0.05) is 19.7 Å². The molecule has 0 saturated carbocycles. The van der Waals surface area contributed by atoms with Gasteiger partial charge in [0.2, 0.25) is 0 Å². The van der Waals surface area contributed by atoms with E-state index in [0.29, 0.717) is 6.29 Å². The van der Waals surface area contributed by atoms with Crippen molar-refractivity contribution in [1.82, 2.24) is 5.06 Å². The Morgan fingerprint density at radius 3 is 2.33 bits per heavy atom. The normalized spacial score (nSPS) is 9.40. The summed E-state index contributed by atoms with van der Waals surface area (Å²) in [6, 6.07) is 3.41. The Labute approximate surface area is 87.8 Å². The highest BCUT2D eigenvalue weighted by atomic mass is 19.1. The van der Waals surface area contributed by atoms with E-state index in [2.05, 4.69) is 4.84 Å². The molecule has 0 aliphatic carbocycles. The summed E-state index contributed by atoms with van der Waals surface area (Å²) in [5, 5.41) is 10.3. The third-order valence-corrected chi connectivity index (χ3v) is 1.47. The molecule has 0 spiro atoms. The third-order valence-electron chi connectivity index (χ3n) is 1.47. The van der Waals surface area contributed by atoms with Gasteiger partial charge in [0.15, 0.2) is 11.6 Å². The van der Waals surface area contributed by atoms with Crippen LogP contribution in [0, 0.1) is 5.82 Å². The Kier molecular flexibility index (Phi) is 6.24. The number of benzene rings is 1. The molecule has 1 aromatic carbocycles. The van der Waals surface area contributed by atoms with Gasteiger partial charge in [0.05, 0.1) is 7.11 Å². The van der Waals surface area contributed by atoms with Crippen molar-refractivity contribution in [2.75, 3.05) is 21.2 Å². The van der Waals surface area contributed by atoms with E-state index >= 15 is 0 Å². The molecule has 1 N–H and O–H groups in total. The van der Waals surface area contributed by atoms with Gasteiger partial charge in [0.25, 0.3) is 0 Å². The van der Waals surface area contributed by atoms with Gasteiger partial charge >= 0.3 is 0 Å². The molecule has 84 valence electrons. The molecular weight excluding hydrogens is 201 g/mol. The van der Waals surface area contributed by atoms with E-state index in [-0.39, 0.29) is 5.56 Å².